The topological polar surface area (TPSA) is 20.2 Å². The van der Waals surface area contributed by atoms with E-state index in [1.54, 1.807) is 0 Å². The summed E-state index contributed by atoms with van der Waals surface area (Å²) in [6.45, 7) is 6.69. The third-order valence-corrected chi connectivity index (χ3v) is 5.01. The van der Waals surface area contributed by atoms with Gasteiger partial charge in [0, 0.05) is 19.3 Å². The molecule has 0 saturated heterocycles. The van der Waals surface area contributed by atoms with Crippen LogP contribution in [0.25, 0.3) is 0 Å². The van der Waals surface area contributed by atoms with Gasteiger partial charge in [-0.15, -0.1) is 24.2 Å². The van der Waals surface area contributed by atoms with Gasteiger partial charge in [0.2, 0.25) is 0 Å². The number of unbranched alkanes of at least 4 members (excludes halogenated alkanes) is 15. The predicted octanol–water partition coefficient (Wildman–Crippen LogP) is 9.11. The lowest BCUT2D eigenvalue weighted by Crippen LogP contribution is -1.77. The molecule has 0 aromatic heterocycles. The normalized spacial score (nSPS) is 8.90. The first-order chi connectivity index (χ1) is 15.2. The SMILES string of the molecule is C#CCCCCCCC.CCCCCCCC#CCI.CCCCCCCC#CCO. The molecule has 1 N–H and O–H groups in total. The molecule has 0 spiro atoms. The summed E-state index contributed by atoms with van der Waals surface area (Å²) < 4.78 is 0.979. The second-order valence-electron chi connectivity index (χ2n) is 7.70. The van der Waals surface area contributed by atoms with Crippen LogP contribution in [-0.4, -0.2) is 16.1 Å². The van der Waals surface area contributed by atoms with Crippen molar-refractivity contribution in [2.24, 2.45) is 0 Å². The molecule has 0 aliphatic carbocycles. The molecule has 0 aliphatic rings. The van der Waals surface area contributed by atoms with Crippen LogP contribution in [0.3, 0.4) is 0 Å². The van der Waals surface area contributed by atoms with E-state index in [1.165, 1.54) is 96.3 Å². The Hall–Kier alpha value is -0.630. The number of aliphatic hydroxyl groups is 1. The molecule has 0 unspecified atom stereocenters. The molecule has 0 aromatic carbocycles. The van der Waals surface area contributed by atoms with E-state index in [0.717, 1.165) is 23.7 Å². The third kappa shape index (κ3) is 48.2. The van der Waals surface area contributed by atoms with Gasteiger partial charge in [-0.2, -0.15) is 0 Å². The van der Waals surface area contributed by atoms with Gasteiger partial charge in [-0.1, -0.05) is 132 Å². The third-order valence-electron chi connectivity index (χ3n) is 4.63. The van der Waals surface area contributed by atoms with Crippen LogP contribution in [0.5, 0.6) is 0 Å². The van der Waals surface area contributed by atoms with E-state index < -0.39 is 0 Å². The highest BCUT2D eigenvalue weighted by molar-refractivity contribution is 14.1. The fraction of sp³-hybridized carbons (Fsp3) is 0.793. The molecular weight excluding hydrogens is 491 g/mol. The van der Waals surface area contributed by atoms with Crippen molar-refractivity contribution in [1.82, 2.24) is 0 Å². The van der Waals surface area contributed by atoms with Crippen LogP contribution in [-0.2, 0) is 0 Å². The summed E-state index contributed by atoms with van der Waals surface area (Å²) in [6, 6.07) is 0. The molecule has 31 heavy (non-hydrogen) atoms. The van der Waals surface area contributed by atoms with Crippen molar-refractivity contribution >= 4 is 22.6 Å². The predicted molar refractivity (Wildman–Crippen MR) is 150 cm³/mol. The van der Waals surface area contributed by atoms with Gasteiger partial charge in [0.1, 0.15) is 6.61 Å². The van der Waals surface area contributed by atoms with Gasteiger partial charge in [-0.3, -0.25) is 0 Å². The standard InChI is InChI=1S/C10H17I.C10H18O.C9H16/c2*1-2-3-4-5-6-7-8-9-10-11;1-3-5-7-9-8-6-4-2/h2-7,10H2,1H3;11H,2-7,10H2,1H3;1H,4-9H2,2H3. The lowest BCUT2D eigenvalue weighted by Gasteiger charge is -1.94. The van der Waals surface area contributed by atoms with E-state index >= 15 is 0 Å². The Morgan fingerprint density at radius 3 is 1.29 bits per heavy atom. The molecular formula is C29H51IO. The van der Waals surface area contributed by atoms with Gasteiger partial charge in [-0.05, 0) is 19.3 Å². The molecule has 0 bridgehead atoms. The zero-order valence-corrected chi connectivity index (χ0v) is 23.2. The lowest BCUT2D eigenvalue weighted by molar-refractivity contribution is 0.350. The molecule has 0 radical (unpaired) electrons. The van der Waals surface area contributed by atoms with Gasteiger partial charge in [0.25, 0.3) is 0 Å². The Labute approximate surface area is 210 Å². The molecule has 180 valence electrons. The summed E-state index contributed by atoms with van der Waals surface area (Å²) in [5.74, 6) is 14.4. The van der Waals surface area contributed by atoms with Gasteiger partial charge < -0.3 is 5.11 Å². The van der Waals surface area contributed by atoms with Crippen molar-refractivity contribution in [3.05, 3.63) is 0 Å². The highest BCUT2D eigenvalue weighted by atomic mass is 127. The van der Waals surface area contributed by atoms with E-state index in [2.05, 4.69) is 73.0 Å². The molecule has 2 heteroatoms. The number of hydrogen-bond acceptors (Lipinski definition) is 1. The van der Waals surface area contributed by atoms with Crippen molar-refractivity contribution in [3.63, 3.8) is 0 Å². The van der Waals surface area contributed by atoms with E-state index in [0.29, 0.717) is 0 Å². The molecule has 1 nitrogen and oxygen atoms in total. The van der Waals surface area contributed by atoms with Crippen molar-refractivity contribution < 1.29 is 5.11 Å². The Morgan fingerprint density at radius 2 is 0.935 bits per heavy atom. The van der Waals surface area contributed by atoms with Crippen molar-refractivity contribution in [2.45, 2.75) is 136 Å². The fourth-order valence-corrected chi connectivity index (χ4v) is 3.01. The van der Waals surface area contributed by atoms with E-state index in [9.17, 15) is 0 Å². The Balaban J connectivity index is -0.000000382. The fourth-order valence-electron chi connectivity index (χ4n) is 2.74. The molecule has 0 rings (SSSR count). The molecule has 0 aromatic rings. The average molecular weight is 543 g/mol. The zero-order chi connectivity index (χ0) is 23.7. The van der Waals surface area contributed by atoms with Crippen LogP contribution in [0, 0.1) is 36.0 Å². The van der Waals surface area contributed by atoms with Crippen molar-refractivity contribution in [2.75, 3.05) is 11.0 Å². The van der Waals surface area contributed by atoms with Crippen molar-refractivity contribution in [1.29, 1.82) is 0 Å². The summed E-state index contributed by atoms with van der Waals surface area (Å²) in [7, 11) is 0. The number of aliphatic hydroxyl groups excluding tert-OH is 1. The minimum atomic E-state index is 0.00889. The summed E-state index contributed by atoms with van der Waals surface area (Å²) in [4.78, 5) is 0. The summed E-state index contributed by atoms with van der Waals surface area (Å²) in [5.41, 5.74) is 0. The first kappa shape index (κ1) is 35.0. The van der Waals surface area contributed by atoms with Crippen LogP contribution in [0.2, 0.25) is 0 Å². The van der Waals surface area contributed by atoms with Gasteiger partial charge >= 0.3 is 0 Å². The monoisotopic (exact) mass is 542 g/mol. The molecule has 0 saturated carbocycles. The number of terminal acetylenes is 1. The zero-order valence-electron chi connectivity index (χ0n) is 21.0. The van der Waals surface area contributed by atoms with E-state index in [-0.39, 0.29) is 6.61 Å². The second kappa shape index (κ2) is 39.8. The highest BCUT2D eigenvalue weighted by Crippen LogP contribution is 2.05. The van der Waals surface area contributed by atoms with Crippen LogP contribution in [0.1, 0.15) is 136 Å². The molecule has 0 heterocycles. The number of hydrogen-bond donors (Lipinski definition) is 1. The maximum Gasteiger partial charge on any atom is 0.104 e. The number of rotatable bonds is 15. The number of alkyl halides is 1. The van der Waals surface area contributed by atoms with Gasteiger partial charge in [-0.25, -0.2) is 0 Å². The average Bonchev–Trinajstić information content (AvgIpc) is 2.79. The summed E-state index contributed by atoms with van der Waals surface area (Å²) >= 11 is 2.29. The Kier molecular flexibility index (Phi) is 44.9. The minimum Gasteiger partial charge on any atom is -0.384 e. The number of halogens is 1. The molecule has 0 atom stereocenters. The Bertz CT molecular complexity index is 423. The van der Waals surface area contributed by atoms with Crippen LogP contribution in [0.15, 0.2) is 0 Å². The smallest absolute Gasteiger partial charge is 0.104 e. The van der Waals surface area contributed by atoms with Crippen molar-refractivity contribution in [3.8, 4) is 36.0 Å². The van der Waals surface area contributed by atoms with E-state index in [4.69, 9.17) is 11.5 Å². The van der Waals surface area contributed by atoms with Crippen LogP contribution in [0.4, 0.5) is 0 Å². The molecule has 0 aliphatic heterocycles. The first-order valence-corrected chi connectivity index (χ1v) is 14.3. The first-order valence-electron chi connectivity index (χ1n) is 12.8. The van der Waals surface area contributed by atoms with Crippen LogP contribution >= 0.6 is 22.6 Å². The molecule has 0 fully saturated rings. The quantitative estimate of drug-likeness (QED) is 0.0947. The van der Waals surface area contributed by atoms with Crippen LogP contribution < -0.4 is 0 Å². The second-order valence-corrected chi connectivity index (χ2v) is 8.46. The largest absolute Gasteiger partial charge is 0.384 e. The lowest BCUT2D eigenvalue weighted by atomic mass is 10.1. The summed E-state index contributed by atoms with van der Waals surface area (Å²) in [6.07, 6.45) is 27.9. The maximum absolute atomic E-state index is 8.33. The summed E-state index contributed by atoms with van der Waals surface area (Å²) in [5, 5.41) is 8.33. The Morgan fingerprint density at radius 1 is 0.548 bits per heavy atom. The van der Waals surface area contributed by atoms with E-state index in [1.807, 2.05) is 0 Å². The van der Waals surface area contributed by atoms with Gasteiger partial charge in [0.15, 0.2) is 0 Å². The van der Waals surface area contributed by atoms with Gasteiger partial charge in [0.05, 0.1) is 4.43 Å². The highest BCUT2D eigenvalue weighted by Gasteiger charge is 1.86. The minimum absolute atomic E-state index is 0.00889. The maximum atomic E-state index is 8.33. The molecule has 0 amide bonds.